The largest absolute Gasteiger partial charge is 0.397 e. The predicted octanol–water partition coefficient (Wildman–Crippen LogP) is 2.85. The number of hydrogen-bond donors (Lipinski definition) is 1. The summed E-state index contributed by atoms with van der Waals surface area (Å²) in [7, 11) is 0. The van der Waals surface area contributed by atoms with Crippen molar-refractivity contribution in [2.24, 2.45) is 0 Å². The summed E-state index contributed by atoms with van der Waals surface area (Å²) in [6.07, 6.45) is 0. The Balaban J connectivity index is 3.46. The minimum Gasteiger partial charge on any atom is -0.397 e. The molecule has 0 bridgehead atoms. The van der Waals surface area contributed by atoms with E-state index in [9.17, 15) is 8.78 Å². The molecular formula is C6H3Cl2F2N. The summed E-state index contributed by atoms with van der Waals surface area (Å²) in [4.78, 5) is 0. The van der Waals surface area contributed by atoms with Crippen LogP contribution >= 0.6 is 23.2 Å². The molecule has 0 spiro atoms. The van der Waals surface area contributed by atoms with Gasteiger partial charge in [-0.15, -0.1) is 0 Å². The highest BCUT2D eigenvalue weighted by Gasteiger charge is 2.13. The molecule has 1 rings (SSSR count). The molecule has 0 fully saturated rings. The molecule has 0 unspecified atom stereocenters. The summed E-state index contributed by atoms with van der Waals surface area (Å²) in [6.45, 7) is 0. The highest BCUT2D eigenvalue weighted by Crippen LogP contribution is 2.29. The van der Waals surface area contributed by atoms with Gasteiger partial charge in [0.25, 0.3) is 0 Å². The fraction of sp³-hybridized carbons (Fsp3) is 0. The van der Waals surface area contributed by atoms with Crippen LogP contribution in [0.15, 0.2) is 6.07 Å². The average molecular weight is 198 g/mol. The van der Waals surface area contributed by atoms with E-state index in [1.54, 1.807) is 0 Å². The first-order chi connectivity index (χ1) is 5.04. The van der Waals surface area contributed by atoms with Gasteiger partial charge in [-0.2, -0.15) is 0 Å². The minimum absolute atomic E-state index is 0.0735. The van der Waals surface area contributed by atoms with Gasteiger partial charge in [-0.3, -0.25) is 0 Å². The van der Waals surface area contributed by atoms with E-state index in [2.05, 4.69) is 0 Å². The van der Waals surface area contributed by atoms with Crippen LogP contribution in [-0.4, -0.2) is 0 Å². The quantitative estimate of drug-likeness (QED) is 0.387. The second-order valence-corrected chi connectivity index (χ2v) is 2.67. The van der Waals surface area contributed by atoms with Gasteiger partial charge in [-0.1, -0.05) is 23.2 Å². The molecule has 1 nitrogen and oxygen atoms in total. The Morgan fingerprint density at radius 2 is 1.73 bits per heavy atom. The van der Waals surface area contributed by atoms with E-state index in [1.165, 1.54) is 0 Å². The summed E-state index contributed by atoms with van der Waals surface area (Å²) in [6, 6.07) is 1.06. The first-order valence-corrected chi connectivity index (χ1v) is 3.38. The number of nitrogen functional groups attached to an aromatic ring is 1. The molecule has 60 valence electrons. The topological polar surface area (TPSA) is 26.0 Å². The Labute approximate surface area is 71.7 Å². The van der Waals surface area contributed by atoms with Crippen molar-refractivity contribution in [3.63, 3.8) is 0 Å². The molecular weight excluding hydrogens is 195 g/mol. The van der Waals surface area contributed by atoms with Crippen LogP contribution in [0.1, 0.15) is 0 Å². The van der Waals surface area contributed by atoms with E-state index in [0.29, 0.717) is 0 Å². The molecule has 2 N–H and O–H groups in total. The van der Waals surface area contributed by atoms with Gasteiger partial charge in [0.2, 0.25) is 0 Å². The van der Waals surface area contributed by atoms with Gasteiger partial charge in [0, 0.05) is 0 Å². The Morgan fingerprint density at radius 1 is 1.18 bits per heavy atom. The smallest absolute Gasteiger partial charge is 0.181 e. The van der Waals surface area contributed by atoms with Crippen LogP contribution in [0.3, 0.4) is 0 Å². The van der Waals surface area contributed by atoms with Crippen molar-refractivity contribution in [3.05, 3.63) is 27.7 Å². The lowest BCUT2D eigenvalue weighted by Crippen LogP contribution is -1.93. The molecule has 0 aliphatic heterocycles. The van der Waals surface area contributed by atoms with Crippen LogP contribution < -0.4 is 5.73 Å². The van der Waals surface area contributed by atoms with Crippen LogP contribution in [0.4, 0.5) is 14.5 Å². The third kappa shape index (κ3) is 1.39. The summed E-state index contributed by atoms with van der Waals surface area (Å²) in [5, 5.41) is -0.809. The van der Waals surface area contributed by atoms with Crippen molar-refractivity contribution < 1.29 is 8.78 Å². The van der Waals surface area contributed by atoms with Gasteiger partial charge in [-0.05, 0) is 6.07 Å². The van der Waals surface area contributed by atoms with Crippen LogP contribution in [0.25, 0.3) is 0 Å². The average Bonchev–Trinajstić information content (AvgIpc) is 1.97. The first kappa shape index (κ1) is 8.56. The predicted molar refractivity (Wildman–Crippen MR) is 40.8 cm³/mol. The summed E-state index contributed by atoms with van der Waals surface area (Å²) >= 11 is 10.5. The van der Waals surface area contributed by atoms with E-state index < -0.39 is 16.7 Å². The highest BCUT2D eigenvalue weighted by molar-refractivity contribution is 6.35. The van der Waals surface area contributed by atoms with Crippen molar-refractivity contribution >= 4 is 28.9 Å². The first-order valence-electron chi connectivity index (χ1n) is 2.62. The molecule has 0 saturated carbocycles. The molecule has 0 radical (unpaired) electrons. The van der Waals surface area contributed by atoms with Gasteiger partial charge >= 0.3 is 0 Å². The zero-order valence-electron chi connectivity index (χ0n) is 5.17. The number of rotatable bonds is 0. The molecule has 0 aliphatic rings. The van der Waals surface area contributed by atoms with Crippen LogP contribution in [0.2, 0.25) is 10.0 Å². The molecule has 5 heteroatoms. The van der Waals surface area contributed by atoms with Crippen molar-refractivity contribution in [2.45, 2.75) is 0 Å². The van der Waals surface area contributed by atoms with Gasteiger partial charge < -0.3 is 5.73 Å². The van der Waals surface area contributed by atoms with Crippen molar-refractivity contribution in [3.8, 4) is 0 Å². The number of hydrogen-bond acceptors (Lipinski definition) is 1. The molecule has 0 heterocycles. The molecule has 0 aliphatic carbocycles. The highest BCUT2D eigenvalue weighted by atomic mass is 35.5. The Hall–Kier alpha value is -0.540. The molecule has 0 saturated heterocycles. The van der Waals surface area contributed by atoms with Crippen LogP contribution in [0, 0.1) is 11.6 Å². The molecule has 1 aromatic carbocycles. The Morgan fingerprint density at radius 3 is 2.27 bits per heavy atom. The van der Waals surface area contributed by atoms with Gasteiger partial charge in [-0.25, -0.2) is 8.78 Å². The number of benzene rings is 1. The van der Waals surface area contributed by atoms with Gasteiger partial charge in [0.1, 0.15) is 5.02 Å². The standard InChI is InChI=1S/C6H3Cl2F2N/c7-2-1-3(11)4(8)6(10)5(2)9/h1H,11H2. The second kappa shape index (κ2) is 2.83. The third-order valence-electron chi connectivity index (χ3n) is 1.13. The lowest BCUT2D eigenvalue weighted by molar-refractivity contribution is 0.510. The molecule has 11 heavy (non-hydrogen) atoms. The van der Waals surface area contributed by atoms with Crippen molar-refractivity contribution in [1.82, 2.24) is 0 Å². The van der Waals surface area contributed by atoms with Crippen molar-refractivity contribution in [1.29, 1.82) is 0 Å². The Bertz CT molecular complexity index is 275. The third-order valence-corrected chi connectivity index (χ3v) is 1.79. The van der Waals surface area contributed by atoms with Crippen molar-refractivity contribution in [2.75, 3.05) is 5.73 Å². The van der Waals surface area contributed by atoms with E-state index >= 15 is 0 Å². The fourth-order valence-corrected chi connectivity index (χ4v) is 0.929. The maximum Gasteiger partial charge on any atom is 0.181 e. The minimum atomic E-state index is -1.21. The van der Waals surface area contributed by atoms with Gasteiger partial charge in [0.15, 0.2) is 11.6 Å². The number of nitrogens with two attached hydrogens (primary N) is 1. The maximum atomic E-state index is 12.6. The van der Waals surface area contributed by atoms with Crippen LogP contribution in [0.5, 0.6) is 0 Å². The van der Waals surface area contributed by atoms with E-state index in [-0.39, 0.29) is 10.7 Å². The fourth-order valence-electron chi connectivity index (χ4n) is 0.591. The van der Waals surface area contributed by atoms with Crippen LogP contribution in [-0.2, 0) is 0 Å². The van der Waals surface area contributed by atoms with E-state index in [4.69, 9.17) is 28.9 Å². The summed E-state index contributed by atoms with van der Waals surface area (Å²) in [5.74, 6) is -2.39. The molecule has 0 aromatic heterocycles. The maximum absolute atomic E-state index is 12.6. The monoisotopic (exact) mass is 197 g/mol. The summed E-state index contributed by atoms with van der Waals surface area (Å²) in [5.41, 5.74) is 5.09. The van der Waals surface area contributed by atoms with E-state index in [1.807, 2.05) is 0 Å². The lowest BCUT2D eigenvalue weighted by Gasteiger charge is -2.01. The van der Waals surface area contributed by atoms with Gasteiger partial charge in [0.05, 0.1) is 10.7 Å². The lowest BCUT2D eigenvalue weighted by atomic mass is 10.3. The number of anilines is 1. The Kier molecular flexibility index (Phi) is 2.20. The number of halogens is 4. The molecule has 1 aromatic rings. The normalized spacial score (nSPS) is 10.2. The second-order valence-electron chi connectivity index (χ2n) is 1.89. The zero-order valence-corrected chi connectivity index (χ0v) is 6.68. The summed E-state index contributed by atoms with van der Waals surface area (Å²) < 4.78 is 25.1. The zero-order chi connectivity index (χ0) is 8.59. The SMILES string of the molecule is Nc1cc(Cl)c(F)c(F)c1Cl. The molecule has 0 atom stereocenters. The molecule has 0 amide bonds. The van der Waals surface area contributed by atoms with E-state index in [0.717, 1.165) is 6.07 Å².